The summed E-state index contributed by atoms with van der Waals surface area (Å²) in [4.78, 5) is 11.6. The van der Waals surface area contributed by atoms with Crippen molar-refractivity contribution in [3.8, 4) is 0 Å². The van der Waals surface area contributed by atoms with E-state index in [0.29, 0.717) is 6.61 Å². The van der Waals surface area contributed by atoms with Crippen molar-refractivity contribution in [3.63, 3.8) is 0 Å². The highest BCUT2D eigenvalue weighted by molar-refractivity contribution is 6.89. The predicted molar refractivity (Wildman–Crippen MR) is 88.4 cm³/mol. The van der Waals surface area contributed by atoms with E-state index in [9.17, 15) is 4.79 Å². The number of carbonyl (C=O) groups excluding carboxylic acids is 1. The maximum atomic E-state index is 11.6. The summed E-state index contributed by atoms with van der Waals surface area (Å²) < 4.78 is 7.70. The Bertz CT molecular complexity index is 313. The molecule has 0 radical (unpaired) electrons. The number of ether oxygens (including phenoxy) is 1. The fraction of sp³-hybridized carbons (Fsp3) is 0.786. The van der Waals surface area contributed by atoms with Crippen molar-refractivity contribution in [2.75, 3.05) is 13.2 Å². The molecule has 0 spiro atoms. The smallest absolute Gasteiger partial charge is 0.330 e. The molecule has 0 rings (SSSR count). The van der Waals surface area contributed by atoms with E-state index in [0.717, 1.165) is 13.0 Å². The first-order valence-electron chi connectivity index (χ1n) is 7.16. The normalized spacial score (nSPS) is 13.8. The Morgan fingerprint density at radius 3 is 1.84 bits per heavy atom. The molecule has 0 aliphatic rings. The van der Waals surface area contributed by atoms with Gasteiger partial charge in [0, 0.05) is 12.6 Å². The molecular formula is C14H31NO2Si2. The molecule has 0 aromatic heterocycles. The lowest BCUT2D eigenvalue weighted by Crippen LogP contribution is -2.59. The molecule has 0 N–H and O–H groups in total. The van der Waals surface area contributed by atoms with Gasteiger partial charge in [-0.25, -0.2) is 4.79 Å². The molecule has 0 heterocycles. The topological polar surface area (TPSA) is 29.5 Å². The van der Waals surface area contributed by atoms with Gasteiger partial charge in [0.1, 0.15) is 16.5 Å². The summed E-state index contributed by atoms with van der Waals surface area (Å²) in [6, 6.07) is 0. The van der Waals surface area contributed by atoms with Crippen LogP contribution in [0, 0.1) is 0 Å². The van der Waals surface area contributed by atoms with Crippen LogP contribution in [0.4, 0.5) is 0 Å². The van der Waals surface area contributed by atoms with Crippen LogP contribution in [0.3, 0.4) is 0 Å². The Morgan fingerprint density at radius 2 is 1.53 bits per heavy atom. The van der Waals surface area contributed by atoms with E-state index in [4.69, 9.17) is 4.74 Å². The summed E-state index contributed by atoms with van der Waals surface area (Å²) in [6.07, 6.45) is 2.60. The minimum atomic E-state index is -1.37. The van der Waals surface area contributed by atoms with Crippen LogP contribution in [-0.4, -0.2) is 39.8 Å². The summed E-state index contributed by atoms with van der Waals surface area (Å²) in [5.74, 6) is -0.203. The standard InChI is InChI=1S/C14H31NO2Si2/c1-9-13(11-14(16)17-10-2)12-15(18(3,4)5)19(6,7)8/h11H,9-10,12H2,1-8H3/b13-11-. The van der Waals surface area contributed by atoms with Crippen LogP contribution >= 0.6 is 0 Å². The summed E-state index contributed by atoms with van der Waals surface area (Å²) in [7, 11) is -2.74. The summed E-state index contributed by atoms with van der Waals surface area (Å²) in [5.41, 5.74) is 1.18. The maximum absolute atomic E-state index is 11.6. The van der Waals surface area contributed by atoms with Crippen molar-refractivity contribution in [3.05, 3.63) is 11.6 Å². The van der Waals surface area contributed by atoms with Gasteiger partial charge in [0.15, 0.2) is 0 Å². The van der Waals surface area contributed by atoms with E-state index >= 15 is 0 Å². The van der Waals surface area contributed by atoms with Crippen molar-refractivity contribution in [1.82, 2.24) is 4.23 Å². The molecule has 112 valence electrons. The Kier molecular flexibility index (Phi) is 7.25. The third-order valence-corrected chi connectivity index (χ3v) is 10.6. The average Bonchev–Trinajstić information content (AvgIpc) is 2.20. The van der Waals surface area contributed by atoms with E-state index in [1.807, 2.05) is 6.92 Å². The molecule has 0 atom stereocenters. The van der Waals surface area contributed by atoms with Crippen molar-refractivity contribution in [2.45, 2.75) is 59.6 Å². The van der Waals surface area contributed by atoms with Gasteiger partial charge in [-0.3, -0.25) is 0 Å². The molecule has 0 aromatic rings. The largest absolute Gasteiger partial charge is 0.463 e. The van der Waals surface area contributed by atoms with Crippen molar-refractivity contribution >= 4 is 22.4 Å². The highest BCUT2D eigenvalue weighted by Gasteiger charge is 2.34. The molecule has 0 aliphatic carbocycles. The molecule has 5 heteroatoms. The van der Waals surface area contributed by atoms with Gasteiger partial charge in [0.25, 0.3) is 0 Å². The molecule has 0 bridgehead atoms. The van der Waals surface area contributed by atoms with E-state index in [1.165, 1.54) is 5.57 Å². The summed E-state index contributed by atoms with van der Waals surface area (Å²) in [6.45, 7) is 19.6. The number of carbonyl (C=O) groups is 1. The second-order valence-corrected chi connectivity index (χ2v) is 17.0. The van der Waals surface area contributed by atoms with Crippen LogP contribution in [0.5, 0.6) is 0 Å². The first-order valence-corrected chi connectivity index (χ1v) is 14.1. The van der Waals surface area contributed by atoms with E-state index in [-0.39, 0.29) is 5.97 Å². The zero-order chi connectivity index (χ0) is 15.3. The molecule has 0 unspecified atom stereocenters. The third kappa shape index (κ3) is 7.08. The van der Waals surface area contributed by atoms with Gasteiger partial charge in [-0.1, -0.05) is 51.8 Å². The van der Waals surface area contributed by atoms with Gasteiger partial charge in [-0.05, 0) is 13.3 Å². The fourth-order valence-electron chi connectivity index (χ4n) is 2.29. The van der Waals surface area contributed by atoms with Crippen LogP contribution in [0.2, 0.25) is 39.3 Å². The molecule has 3 nitrogen and oxygen atoms in total. The number of rotatable bonds is 7. The van der Waals surface area contributed by atoms with Gasteiger partial charge >= 0.3 is 5.97 Å². The highest BCUT2D eigenvalue weighted by atomic mass is 28.4. The Balaban J connectivity index is 5.06. The molecular weight excluding hydrogens is 270 g/mol. The molecule has 0 saturated carbocycles. The molecule has 0 fully saturated rings. The second kappa shape index (κ2) is 7.40. The zero-order valence-corrected chi connectivity index (χ0v) is 16.0. The summed E-state index contributed by atoms with van der Waals surface area (Å²) in [5, 5.41) is 0. The minimum absolute atomic E-state index is 0.203. The van der Waals surface area contributed by atoms with E-state index in [2.05, 4.69) is 50.4 Å². The van der Waals surface area contributed by atoms with Gasteiger partial charge in [0.2, 0.25) is 0 Å². The number of nitrogens with zero attached hydrogens (tertiary/aromatic N) is 1. The minimum Gasteiger partial charge on any atom is -0.463 e. The quantitative estimate of drug-likeness (QED) is 0.406. The molecule has 19 heavy (non-hydrogen) atoms. The van der Waals surface area contributed by atoms with Crippen LogP contribution in [-0.2, 0) is 9.53 Å². The Morgan fingerprint density at radius 1 is 1.05 bits per heavy atom. The van der Waals surface area contributed by atoms with Crippen molar-refractivity contribution in [1.29, 1.82) is 0 Å². The van der Waals surface area contributed by atoms with Gasteiger partial charge < -0.3 is 8.97 Å². The van der Waals surface area contributed by atoms with Gasteiger partial charge in [-0.15, -0.1) is 0 Å². The lowest BCUT2D eigenvalue weighted by Gasteiger charge is -2.44. The maximum Gasteiger partial charge on any atom is 0.330 e. The van der Waals surface area contributed by atoms with Crippen LogP contribution in [0.15, 0.2) is 11.6 Å². The second-order valence-electron chi connectivity index (χ2n) is 6.84. The van der Waals surface area contributed by atoms with Gasteiger partial charge in [0.05, 0.1) is 6.61 Å². The molecule has 0 aliphatic heterocycles. The van der Waals surface area contributed by atoms with E-state index in [1.54, 1.807) is 6.08 Å². The van der Waals surface area contributed by atoms with Gasteiger partial charge in [-0.2, -0.15) is 0 Å². The first-order chi connectivity index (χ1) is 8.52. The monoisotopic (exact) mass is 301 g/mol. The lowest BCUT2D eigenvalue weighted by atomic mass is 10.2. The van der Waals surface area contributed by atoms with Crippen LogP contribution < -0.4 is 0 Å². The summed E-state index contributed by atoms with van der Waals surface area (Å²) >= 11 is 0. The SMILES string of the molecule is CCOC(=O)/C=C(/CC)CN([Si](C)(C)C)[Si](C)(C)C. The zero-order valence-electron chi connectivity index (χ0n) is 14.0. The lowest BCUT2D eigenvalue weighted by molar-refractivity contribution is -0.137. The van der Waals surface area contributed by atoms with Crippen molar-refractivity contribution < 1.29 is 9.53 Å². The predicted octanol–water partition coefficient (Wildman–Crippen LogP) is 3.86. The van der Waals surface area contributed by atoms with Crippen LogP contribution in [0.1, 0.15) is 20.3 Å². The average molecular weight is 302 g/mol. The van der Waals surface area contributed by atoms with Crippen molar-refractivity contribution in [2.24, 2.45) is 0 Å². The number of hydrogen-bond donors (Lipinski definition) is 0. The molecule has 0 amide bonds. The number of esters is 1. The van der Waals surface area contributed by atoms with Crippen LogP contribution in [0.25, 0.3) is 0 Å². The first kappa shape index (κ1) is 18.6. The molecule has 0 aromatic carbocycles. The number of hydrogen-bond acceptors (Lipinski definition) is 3. The Labute approximate surface area is 121 Å². The fourth-order valence-corrected chi connectivity index (χ4v) is 11.7. The third-order valence-electron chi connectivity index (χ3n) is 3.04. The highest BCUT2D eigenvalue weighted by Crippen LogP contribution is 2.22. The molecule has 0 saturated heterocycles. The Hall–Kier alpha value is -0.396. The van der Waals surface area contributed by atoms with E-state index < -0.39 is 16.5 Å².